The number of carbonyl (C=O) groups is 1. The van der Waals surface area contributed by atoms with Gasteiger partial charge in [-0.2, -0.15) is 18.3 Å². The Labute approximate surface area is 147 Å². The second-order valence-corrected chi connectivity index (χ2v) is 7.58. The van der Waals surface area contributed by atoms with Crippen LogP contribution in [0.2, 0.25) is 0 Å². The first-order chi connectivity index (χ1) is 12.1. The first-order valence-corrected chi connectivity index (χ1v) is 9.15. The van der Waals surface area contributed by atoms with E-state index in [4.69, 9.17) is 0 Å². The zero-order chi connectivity index (χ0) is 18.9. The predicted molar refractivity (Wildman–Crippen MR) is 85.6 cm³/mol. The molecule has 1 aliphatic carbocycles. The van der Waals surface area contributed by atoms with E-state index in [9.17, 15) is 26.4 Å². The highest BCUT2D eigenvalue weighted by molar-refractivity contribution is 7.89. The predicted octanol–water partition coefficient (Wildman–Crippen LogP) is 1.98. The standard InChI is InChI=1S/C15H15F3N4O3S/c16-15(17,18)13-6-7-22(20-13)9-14(23)19-11-2-1-3-12(8-11)26(24,25)21-10-4-5-10/h1-3,6-8,10,21H,4-5,9H2,(H,19,23). The Morgan fingerprint density at radius 1 is 1.27 bits per heavy atom. The zero-order valence-corrected chi connectivity index (χ0v) is 14.1. The van der Waals surface area contributed by atoms with Crippen LogP contribution >= 0.6 is 0 Å². The fourth-order valence-electron chi connectivity index (χ4n) is 2.18. The van der Waals surface area contributed by atoms with Gasteiger partial charge in [0.15, 0.2) is 5.69 Å². The molecule has 26 heavy (non-hydrogen) atoms. The van der Waals surface area contributed by atoms with Gasteiger partial charge in [0.25, 0.3) is 0 Å². The molecule has 3 rings (SSSR count). The summed E-state index contributed by atoms with van der Waals surface area (Å²) in [5.74, 6) is -0.633. The smallest absolute Gasteiger partial charge is 0.324 e. The molecule has 0 bridgehead atoms. The number of carbonyl (C=O) groups excluding carboxylic acids is 1. The van der Waals surface area contributed by atoms with Crippen molar-refractivity contribution in [3.8, 4) is 0 Å². The number of halogens is 3. The molecule has 0 unspecified atom stereocenters. The Balaban J connectivity index is 1.66. The lowest BCUT2D eigenvalue weighted by Gasteiger charge is -2.09. The first kappa shape index (κ1) is 18.4. The second-order valence-electron chi connectivity index (χ2n) is 5.87. The number of rotatable bonds is 6. The molecule has 1 aromatic heterocycles. The number of hydrogen-bond acceptors (Lipinski definition) is 4. The van der Waals surface area contributed by atoms with Gasteiger partial charge in [-0.3, -0.25) is 9.48 Å². The third-order valence-electron chi connectivity index (χ3n) is 3.56. The van der Waals surface area contributed by atoms with Gasteiger partial charge in [-0.1, -0.05) is 6.07 Å². The maximum absolute atomic E-state index is 12.5. The number of benzene rings is 1. The van der Waals surface area contributed by atoms with Crippen LogP contribution in [-0.4, -0.2) is 30.1 Å². The van der Waals surface area contributed by atoms with Gasteiger partial charge in [0.1, 0.15) is 6.54 Å². The van der Waals surface area contributed by atoms with Crippen LogP contribution in [0, 0.1) is 0 Å². The van der Waals surface area contributed by atoms with Crippen molar-refractivity contribution in [1.29, 1.82) is 0 Å². The van der Waals surface area contributed by atoms with Crippen molar-refractivity contribution in [2.75, 3.05) is 5.32 Å². The summed E-state index contributed by atoms with van der Waals surface area (Å²) in [6.07, 6.45) is -1.96. The highest BCUT2D eigenvalue weighted by Gasteiger charge is 2.33. The SMILES string of the molecule is O=C(Cn1ccc(C(F)(F)F)n1)Nc1cccc(S(=O)(=O)NC2CC2)c1. The maximum Gasteiger partial charge on any atom is 0.435 e. The quantitative estimate of drug-likeness (QED) is 0.791. The van der Waals surface area contributed by atoms with E-state index in [1.165, 1.54) is 24.3 Å². The number of nitrogens with zero attached hydrogens (tertiary/aromatic N) is 2. The molecule has 1 aliphatic rings. The van der Waals surface area contributed by atoms with Crippen molar-refractivity contribution in [2.24, 2.45) is 0 Å². The summed E-state index contributed by atoms with van der Waals surface area (Å²) in [6, 6.07) is 6.34. The van der Waals surface area contributed by atoms with Crippen molar-refractivity contribution in [2.45, 2.75) is 36.5 Å². The number of aromatic nitrogens is 2. The van der Waals surface area contributed by atoms with Crippen LogP contribution in [0.25, 0.3) is 0 Å². The van der Waals surface area contributed by atoms with Gasteiger partial charge in [-0.05, 0) is 37.1 Å². The normalized spacial score (nSPS) is 15.0. The lowest BCUT2D eigenvalue weighted by atomic mass is 10.3. The third kappa shape index (κ3) is 4.61. The van der Waals surface area contributed by atoms with Crippen LogP contribution in [0.15, 0.2) is 41.4 Å². The number of amides is 1. The summed E-state index contributed by atoms with van der Waals surface area (Å²) < 4.78 is 65.2. The molecule has 7 nitrogen and oxygen atoms in total. The summed E-state index contributed by atoms with van der Waals surface area (Å²) >= 11 is 0. The Morgan fingerprint density at radius 2 is 2.00 bits per heavy atom. The summed E-state index contributed by atoms with van der Waals surface area (Å²) in [5.41, 5.74) is -0.874. The average molecular weight is 388 g/mol. The van der Waals surface area contributed by atoms with E-state index in [-0.39, 0.29) is 16.6 Å². The Bertz CT molecular complexity index is 920. The number of alkyl halides is 3. The summed E-state index contributed by atoms with van der Waals surface area (Å²) in [4.78, 5) is 12.0. The van der Waals surface area contributed by atoms with Crippen LogP contribution in [0.1, 0.15) is 18.5 Å². The van der Waals surface area contributed by atoms with E-state index in [0.717, 1.165) is 29.8 Å². The molecule has 2 aromatic rings. The van der Waals surface area contributed by atoms with Crippen molar-refractivity contribution in [3.05, 3.63) is 42.2 Å². The molecule has 0 aliphatic heterocycles. The minimum Gasteiger partial charge on any atom is -0.324 e. The van der Waals surface area contributed by atoms with Gasteiger partial charge in [-0.25, -0.2) is 13.1 Å². The zero-order valence-electron chi connectivity index (χ0n) is 13.3. The largest absolute Gasteiger partial charge is 0.435 e. The van der Waals surface area contributed by atoms with Gasteiger partial charge in [-0.15, -0.1) is 0 Å². The summed E-state index contributed by atoms with van der Waals surface area (Å²) in [7, 11) is -3.67. The third-order valence-corrected chi connectivity index (χ3v) is 5.08. The Kier molecular flexibility index (Phi) is 4.76. The molecule has 1 fully saturated rings. The van der Waals surface area contributed by atoms with Crippen molar-refractivity contribution >= 4 is 21.6 Å². The van der Waals surface area contributed by atoms with Crippen LogP contribution in [0.3, 0.4) is 0 Å². The fraction of sp³-hybridized carbons (Fsp3) is 0.333. The van der Waals surface area contributed by atoms with Gasteiger partial charge in [0.05, 0.1) is 4.90 Å². The van der Waals surface area contributed by atoms with E-state index in [0.29, 0.717) is 0 Å². The molecule has 0 atom stereocenters. The van der Waals surface area contributed by atoms with Crippen LogP contribution in [0.4, 0.5) is 18.9 Å². The first-order valence-electron chi connectivity index (χ1n) is 7.66. The van der Waals surface area contributed by atoms with E-state index < -0.39 is 34.3 Å². The van der Waals surface area contributed by atoms with Crippen molar-refractivity contribution in [1.82, 2.24) is 14.5 Å². The topological polar surface area (TPSA) is 93.1 Å². The van der Waals surface area contributed by atoms with Gasteiger partial charge >= 0.3 is 6.18 Å². The van der Waals surface area contributed by atoms with Gasteiger partial charge in [0.2, 0.25) is 15.9 Å². The van der Waals surface area contributed by atoms with E-state index >= 15 is 0 Å². The number of hydrogen-bond donors (Lipinski definition) is 2. The average Bonchev–Trinajstić information content (AvgIpc) is 3.20. The van der Waals surface area contributed by atoms with Crippen molar-refractivity contribution < 1.29 is 26.4 Å². The summed E-state index contributed by atoms with van der Waals surface area (Å²) in [6.45, 7) is -0.437. The molecular formula is C15H15F3N4O3S. The molecule has 0 radical (unpaired) electrons. The maximum atomic E-state index is 12.5. The number of sulfonamides is 1. The molecule has 2 N–H and O–H groups in total. The van der Waals surface area contributed by atoms with E-state index in [1.807, 2.05) is 0 Å². The molecular weight excluding hydrogens is 373 g/mol. The molecule has 1 heterocycles. The molecule has 140 valence electrons. The fourth-order valence-corrected chi connectivity index (χ4v) is 3.53. The second kappa shape index (κ2) is 6.72. The molecule has 1 amide bonds. The Morgan fingerprint density at radius 3 is 2.62 bits per heavy atom. The minimum absolute atomic E-state index is 0.000599. The lowest BCUT2D eigenvalue weighted by molar-refractivity contribution is -0.141. The number of nitrogens with one attached hydrogen (secondary N) is 2. The van der Waals surface area contributed by atoms with Gasteiger partial charge < -0.3 is 5.32 Å². The van der Waals surface area contributed by atoms with Crippen LogP contribution < -0.4 is 10.0 Å². The Hall–Kier alpha value is -2.40. The van der Waals surface area contributed by atoms with Gasteiger partial charge in [0, 0.05) is 17.9 Å². The molecule has 0 spiro atoms. The van der Waals surface area contributed by atoms with E-state index in [1.54, 1.807) is 0 Å². The van der Waals surface area contributed by atoms with Crippen LogP contribution in [-0.2, 0) is 27.5 Å². The van der Waals surface area contributed by atoms with Crippen LogP contribution in [0.5, 0.6) is 0 Å². The monoisotopic (exact) mass is 388 g/mol. The highest BCUT2D eigenvalue weighted by atomic mass is 32.2. The molecule has 1 saturated carbocycles. The minimum atomic E-state index is -4.58. The molecule has 11 heteroatoms. The summed E-state index contributed by atoms with van der Waals surface area (Å²) in [5, 5.41) is 5.73. The van der Waals surface area contributed by atoms with E-state index in [2.05, 4.69) is 15.1 Å². The molecule has 1 aromatic carbocycles. The lowest BCUT2D eigenvalue weighted by Crippen LogP contribution is -2.26. The molecule has 0 saturated heterocycles. The van der Waals surface area contributed by atoms with Crippen molar-refractivity contribution in [3.63, 3.8) is 0 Å². The highest BCUT2D eigenvalue weighted by Crippen LogP contribution is 2.27. The number of anilines is 1.